The zero-order chi connectivity index (χ0) is 29.3. The summed E-state index contributed by atoms with van der Waals surface area (Å²) in [5, 5.41) is 11.2. The molecule has 3 aromatic rings. The number of nitro groups is 1. The zero-order valence-corrected chi connectivity index (χ0v) is 22.8. The highest BCUT2D eigenvalue weighted by Crippen LogP contribution is 2.49. The van der Waals surface area contributed by atoms with Crippen molar-refractivity contribution in [3.05, 3.63) is 105 Å². The van der Waals surface area contributed by atoms with Crippen molar-refractivity contribution in [3.63, 3.8) is 0 Å². The van der Waals surface area contributed by atoms with E-state index in [1.54, 1.807) is 62.4 Å². The van der Waals surface area contributed by atoms with Gasteiger partial charge in [0, 0.05) is 35.3 Å². The molecule has 0 radical (unpaired) electrons. The van der Waals surface area contributed by atoms with Gasteiger partial charge in [-0.15, -0.1) is 0 Å². The van der Waals surface area contributed by atoms with Crippen molar-refractivity contribution in [2.75, 3.05) is 20.8 Å². The lowest BCUT2D eigenvalue weighted by Gasteiger charge is -2.29. The normalized spacial score (nSPS) is 19.0. The highest BCUT2D eigenvalue weighted by molar-refractivity contribution is 6.06. The monoisotopic (exact) mass is 557 g/mol. The highest BCUT2D eigenvalue weighted by Gasteiger charge is 2.48. The number of fused-ring (bicyclic) bond motifs is 1. The van der Waals surface area contributed by atoms with Gasteiger partial charge < -0.3 is 23.4 Å². The summed E-state index contributed by atoms with van der Waals surface area (Å²) in [6, 6.07) is 14.6. The Morgan fingerprint density at radius 2 is 1.83 bits per heavy atom. The van der Waals surface area contributed by atoms with Crippen molar-refractivity contribution in [1.29, 1.82) is 0 Å². The Kier molecular flexibility index (Phi) is 7.47. The van der Waals surface area contributed by atoms with E-state index in [0.29, 0.717) is 51.1 Å². The van der Waals surface area contributed by atoms with Crippen molar-refractivity contribution >= 4 is 23.5 Å². The molecule has 1 fully saturated rings. The lowest BCUT2D eigenvalue weighted by Crippen LogP contribution is -2.29. The molecule has 2 heterocycles. The van der Waals surface area contributed by atoms with Gasteiger partial charge in [-0.25, -0.2) is 4.79 Å². The lowest BCUT2D eigenvalue weighted by molar-refractivity contribution is -0.384. The Balaban J connectivity index is 1.53. The van der Waals surface area contributed by atoms with Crippen LogP contribution in [0.1, 0.15) is 31.1 Å². The zero-order valence-electron chi connectivity index (χ0n) is 22.8. The number of benzene rings is 2. The minimum absolute atomic E-state index is 0.0459. The molecule has 2 aliphatic rings. The van der Waals surface area contributed by atoms with Crippen LogP contribution in [0.25, 0.3) is 17.4 Å². The van der Waals surface area contributed by atoms with Crippen LogP contribution in [-0.4, -0.2) is 37.5 Å². The molecule has 0 spiro atoms. The van der Waals surface area contributed by atoms with Gasteiger partial charge in [-0.2, -0.15) is 0 Å². The summed E-state index contributed by atoms with van der Waals surface area (Å²) in [5.74, 6) is -0.252. The maximum Gasteiger partial charge on any atom is 0.334 e. The number of ether oxygens (including phenoxy) is 4. The topological polar surface area (TPSA) is 127 Å². The van der Waals surface area contributed by atoms with E-state index in [9.17, 15) is 19.7 Å². The molecule has 1 aromatic heterocycles. The fourth-order valence-electron chi connectivity index (χ4n) is 5.15. The molecule has 1 aliphatic heterocycles. The van der Waals surface area contributed by atoms with E-state index < -0.39 is 22.7 Å². The average Bonchev–Trinajstić information content (AvgIpc) is 3.56. The molecule has 2 aromatic carbocycles. The molecule has 210 valence electrons. The van der Waals surface area contributed by atoms with Crippen LogP contribution in [0.4, 0.5) is 5.69 Å². The number of methoxy groups -OCH3 is 2. The molecule has 41 heavy (non-hydrogen) atoms. The number of hydrogen-bond donors (Lipinski definition) is 0. The molecule has 2 atom stereocenters. The Bertz CT molecular complexity index is 1640. The van der Waals surface area contributed by atoms with Crippen molar-refractivity contribution < 1.29 is 37.9 Å². The van der Waals surface area contributed by atoms with Crippen LogP contribution >= 0.6 is 0 Å². The second-order valence-electron chi connectivity index (χ2n) is 9.42. The van der Waals surface area contributed by atoms with E-state index in [-0.39, 0.29) is 23.8 Å². The SMILES string of the molecule is CCOC(=O)C1=C(C)C=C2O/C(=C\c3ccc(-c4cccc([N+](=O)[O-])c4)o3)C(=O)C2C1c1ccc(OC)c(OC)c1. The van der Waals surface area contributed by atoms with Gasteiger partial charge in [-0.1, -0.05) is 18.2 Å². The van der Waals surface area contributed by atoms with E-state index >= 15 is 0 Å². The smallest absolute Gasteiger partial charge is 0.334 e. The number of ketones is 1. The molecule has 1 aliphatic carbocycles. The summed E-state index contributed by atoms with van der Waals surface area (Å²) >= 11 is 0. The molecule has 10 nitrogen and oxygen atoms in total. The number of Topliss-reactive ketones (excluding diaryl/α,β-unsaturated/α-hetero) is 1. The summed E-state index contributed by atoms with van der Waals surface area (Å²) in [7, 11) is 3.04. The van der Waals surface area contributed by atoms with Crippen molar-refractivity contribution in [3.8, 4) is 22.8 Å². The number of carbonyl (C=O) groups excluding carboxylic acids is 2. The van der Waals surface area contributed by atoms with Gasteiger partial charge in [-0.05, 0) is 55.3 Å². The van der Waals surface area contributed by atoms with Gasteiger partial charge in [0.05, 0.1) is 31.7 Å². The molecule has 5 rings (SSSR count). The second kappa shape index (κ2) is 11.2. The number of furan rings is 1. The molecule has 2 unspecified atom stereocenters. The number of non-ortho nitro benzene ring substituents is 1. The van der Waals surface area contributed by atoms with E-state index in [1.807, 2.05) is 0 Å². The van der Waals surface area contributed by atoms with Gasteiger partial charge in [-0.3, -0.25) is 14.9 Å². The van der Waals surface area contributed by atoms with Gasteiger partial charge in [0.2, 0.25) is 5.78 Å². The number of nitrogens with zero attached hydrogens (tertiary/aromatic N) is 1. The second-order valence-corrected chi connectivity index (χ2v) is 9.42. The number of carbonyl (C=O) groups is 2. The van der Waals surface area contributed by atoms with Crippen LogP contribution in [0.5, 0.6) is 11.5 Å². The molecule has 0 bridgehead atoms. The molecular formula is C31H27NO9. The minimum atomic E-state index is -0.825. The van der Waals surface area contributed by atoms with Gasteiger partial charge >= 0.3 is 5.97 Å². The van der Waals surface area contributed by atoms with Gasteiger partial charge in [0.25, 0.3) is 5.69 Å². The minimum Gasteiger partial charge on any atom is -0.493 e. The standard InChI is InChI=1S/C31H27NO9/c1-5-39-31(34)27-17(2)13-25-29(28(27)19-9-11-23(37-3)24(15-19)38-4)30(33)26(41-25)16-21-10-12-22(40-21)18-7-6-8-20(14-18)32(35)36/h6-16,28-29H,5H2,1-4H3/b26-16-. The largest absolute Gasteiger partial charge is 0.493 e. The molecule has 10 heteroatoms. The number of allylic oxidation sites excluding steroid dienone is 4. The maximum absolute atomic E-state index is 13.9. The summed E-state index contributed by atoms with van der Waals surface area (Å²) in [5.41, 5.74) is 2.09. The quantitative estimate of drug-likeness (QED) is 0.142. The maximum atomic E-state index is 13.9. The summed E-state index contributed by atoms with van der Waals surface area (Å²) in [6.07, 6.45) is 3.16. The number of rotatable bonds is 8. The molecule has 0 amide bonds. The Morgan fingerprint density at radius 1 is 1.05 bits per heavy atom. The van der Waals surface area contributed by atoms with Crippen LogP contribution < -0.4 is 9.47 Å². The predicted octanol–water partition coefficient (Wildman–Crippen LogP) is 5.99. The number of esters is 1. The fourth-order valence-corrected chi connectivity index (χ4v) is 5.15. The number of nitro benzene ring substituents is 1. The highest BCUT2D eigenvalue weighted by atomic mass is 16.6. The predicted molar refractivity (Wildman–Crippen MR) is 148 cm³/mol. The third kappa shape index (κ3) is 5.11. The number of hydrogen-bond acceptors (Lipinski definition) is 9. The Morgan fingerprint density at radius 3 is 2.54 bits per heavy atom. The van der Waals surface area contributed by atoms with E-state index in [4.69, 9.17) is 23.4 Å². The molecule has 0 N–H and O–H groups in total. The Hall–Kier alpha value is -5.12. The van der Waals surface area contributed by atoms with Gasteiger partial charge in [0.15, 0.2) is 17.3 Å². The van der Waals surface area contributed by atoms with Crippen molar-refractivity contribution in [1.82, 2.24) is 0 Å². The first-order valence-corrected chi connectivity index (χ1v) is 12.9. The van der Waals surface area contributed by atoms with E-state index in [1.165, 1.54) is 32.4 Å². The molecule has 0 saturated carbocycles. The van der Waals surface area contributed by atoms with Crippen LogP contribution in [0, 0.1) is 16.0 Å². The lowest BCUT2D eigenvalue weighted by atomic mass is 9.73. The first-order chi connectivity index (χ1) is 19.7. The van der Waals surface area contributed by atoms with Gasteiger partial charge in [0.1, 0.15) is 17.3 Å². The molecular weight excluding hydrogens is 530 g/mol. The van der Waals surface area contributed by atoms with Crippen LogP contribution in [0.15, 0.2) is 87.8 Å². The van der Waals surface area contributed by atoms with Crippen LogP contribution in [0.2, 0.25) is 0 Å². The summed E-state index contributed by atoms with van der Waals surface area (Å²) in [4.78, 5) is 37.7. The van der Waals surface area contributed by atoms with Crippen LogP contribution in [-0.2, 0) is 19.1 Å². The van der Waals surface area contributed by atoms with E-state index in [2.05, 4.69) is 0 Å². The van der Waals surface area contributed by atoms with E-state index in [0.717, 1.165) is 0 Å². The fraction of sp³-hybridized carbons (Fsp3) is 0.226. The van der Waals surface area contributed by atoms with Crippen molar-refractivity contribution in [2.24, 2.45) is 5.92 Å². The molecule has 1 saturated heterocycles. The first kappa shape index (κ1) is 27.4. The summed E-state index contributed by atoms with van der Waals surface area (Å²) in [6.45, 7) is 3.67. The third-order valence-electron chi connectivity index (χ3n) is 6.99. The third-order valence-corrected chi connectivity index (χ3v) is 6.99. The average molecular weight is 558 g/mol. The first-order valence-electron chi connectivity index (χ1n) is 12.9. The summed E-state index contributed by atoms with van der Waals surface area (Å²) < 4.78 is 28.2. The Labute approximate surface area is 235 Å². The van der Waals surface area contributed by atoms with Crippen molar-refractivity contribution in [2.45, 2.75) is 19.8 Å². The van der Waals surface area contributed by atoms with Crippen LogP contribution in [0.3, 0.4) is 0 Å².